The number of rotatable bonds is 6. The maximum atomic E-state index is 5.57. The molecule has 0 aromatic heterocycles. The minimum Gasteiger partial charge on any atom is -0.493 e. The molecule has 0 radical (unpaired) electrons. The van der Waals surface area contributed by atoms with Gasteiger partial charge in [0, 0.05) is 19.7 Å². The molecule has 0 saturated heterocycles. The summed E-state index contributed by atoms with van der Waals surface area (Å²) in [6.45, 7) is 0.824. The lowest BCUT2D eigenvalue weighted by Crippen LogP contribution is -2.42. The van der Waals surface area contributed by atoms with Crippen molar-refractivity contribution in [2.75, 3.05) is 21.3 Å². The average Bonchev–Trinajstić information content (AvgIpc) is 2.52. The van der Waals surface area contributed by atoms with Gasteiger partial charge in [-0.15, -0.1) is 0 Å². The molecule has 112 valence electrons. The molecule has 1 aliphatic carbocycles. The second-order valence-corrected chi connectivity index (χ2v) is 5.24. The number of hydrogen-bond acceptors (Lipinski definition) is 4. The van der Waals surface area contributed by atoms with Crippen molar-refractivity contribution < 1.29 is 14.2 Å². The van der Waals surface area contributed by atoms with Crippen molar-refractivity contribution >= 4 is 0 Å². The zero-order valence-electron chi connectivity index (χ0n) is 12.6. The summed E-state index contributed by atoms with van der Waals surface area (Å²) < 4.78 is 16.2. The van der Waals surface area contributed by atoms with Crippen molar-refractivity contribution in [3.63, 3.8) is 0 Å². The Morgan fingerprint density at radius 3 is 2.50 bits per heavy atom. The van der Waals surface area contributed by atoms with Gasteiger partial charge in [0.2, 0.25) is 0 Å². The lowest BCUT2D eigenvalue weighted by atomic mass is 9.92. The van der Waals surface area contributed by atoms with Crippen LogP contribution in [0.1, 0.15) is 31.2 Å². The van der Waals surface area contributed by atoms with Crippen molar-refractivity contribution in [2.45, 2.75) is 44.4 Å². The summed E-state index contributed by atoms with van der Waals surface area (Å²) in [6, 6.07) is 6.49. The first-order valence-electron chi connectivity index (χ1n) is 7.25. The SMILES string of the molecule is COc1ccc(CN[C@H]2CCCC[C@H]2OC)cc1OC. The molecule has 2 atom stereocenters. The first-order valence-corrected chi connectivity index (χ1v) is 7.25. The molecule has 0 amide bonds. The number of nitrogens with one attached hydrogen (secondary N) is 1. The maximum Gasteiger partial charge on any atom is 0.161 e. The maximum absolute atomic E-state index is 5.57. The van der Waals surface area contributed by atoms with E-state index >= 15 is 0 Å². The van der Waals surface area contributed by atoms with Gasteiger partial charge in [-0.1, -0.05) is 18.9 Å². The van der Waals surface area contributed by atoms with E-state index in [1.54, 1.807) is 21.3 Å². The van der Waals surface area contributed by atoms with E-state index in [0.29, 0.717) is 12.1 Å². The zero-order chi connectivity index (χ0) is 14.4. The number of methoxy groups -OCH3 is 3. The molecule has 0 bridgehead atoms. The van der Waals surface area contributed by atoms with E-state index in [1.165, 1.54) is 24.8 Å². The summed E-state index contributed by atoms with van der Waals surface area (Å²) in [6.07, 6.45) is 5.23. The topological polar surface area (TPSA) is 39.7 Å². The third-order valence-corrected chi connectivity index (χ3v) is 4.02. The van der Waals surface area contributed by atoms with Gasteiger partial charge in [-0.25, -0.2) is 0 Å². The molecule has 4 heteroatoms. The molecule has 0 unspecified atom stereocenters. The molecule has 1 fully saturated rings. The Hall–Kier alpha value is -1.26. The number of ether oxygens (including phenoxy) is 3. The van der Waals surface area contributed by atoms with E-state index < -0.39 is 0 Å². The highest BCUT2D eigenvalue weighted by molar-refractivity contribution is 5.42. The molecule has 20 heavy (non-hydrogen) atoms. The van der Waals surface area contributed by atoms with Gasteiger partial charge in [0.05, 0.1) is 20.3 Å². The summed E-state index contributed by atoms with van der Waals surface area (Å²) in [5.41, 5.74) is 1.20. The largest absolute Gasteiger partial charge is 0.493 e. The number of hydrogen-bond donors (Lipinski definition) is 1. The molecule has 0 spiro atoms. The van der Waals surface area contributed by atoms with Crippen molar-refractivity contribution in [2.24, 2.45) is 0 Å². The first kappa shape index (κ1) is 15.1. The summed E-state index contributed by atoms with van der Waals surface area (Å²) in [7, 11) is 5.12. The van der Waals surface area contributed by atoms with Gasteiger partial charge >= 0.3 is 0 Å². The molecule has 1 saturated carbocycles. The van der Waals surface area contributed by atoms with Crippen LogP contribution in [-0.2, 0) is 11.3 Å². The second-order valence-electron chi connectivity index (χ2n) is 5.24. The van der Waals surface area contributed by atoms with Crippen molar-refractivity contribution in [3.8, 4) is 11.5 Å². The van der Waals surface area contributed by atoms with Crippen LogP contribution in [-0.4, -0.2) is 33.5 Å². The van der Waals surface area contributed by atoms with Crippen molar-refractivity contribution in [1.82, 2.24) is 5.32 Å². The van der Waals surface area contributed by atoms with Gasteiger partial charge < -0.3 is 19.5 Å². The summed E-state index contributed by atoms with van der Waals surface area (Å²) in [5, 5.41) is 3.61. The predicted octanol–water partition coefficient (Wildman–Crippen LogP) is 2.75. The van der Waals surface area contributed by atoms with Gasteiger partial charge in [0.1, 0.15) is 0 Å². The van der Waals surface area contributed by atoms with E-state index in [0.717, 1.165) is 24.5 Å². The van der Waals surface area contributed by atoms with Crippen LogP contribution in [0, 0.1) is 0 Å². The fraction of sp³-hybridized carbons (Fsp3) is 0.625. The van der Waals surface area contributed by atoms with E-state index in [4.69, 9.17) is 14.2 Å². The van der Waals surface area contributed by atoms with Crippen molar-refractivity contribution in [3.05, 3.63) is 23.8 Å². The minimum atomic E-state index is 0.337. The van der Waals surface area contributed by atoms with Crippen LogP contribution in [0.25, 0.3) is 0 Å². The Balaban J connectivity index is 1.96. The molecule has 1 aromatic carbocycles. The van der Waals surface area contributed by atoms with Gasteiger partial charge in [-0.2, -0.15) is 0 Å². The normalized spacial score (nSPS) is 22.6. The van der Waals surface area contributed by atoms with E-state index in [9.17, 15) is 0 Å². The first-order chi connectivity index (χ1) is 9.78. The highest BCUT2D eigenvalue weighted by Crippen LogP contribution is 2.28. The molecule has 1 N–H and O–H groups in total. The summed E-state index contributed by atoms with van der Waals surface area (Å²) >= 11 is 0. The lowest BCUT2D eigenvalue weighted by Gasteiger charge is -2.31. The molecule has 2 rings (SSSR count). The molecular weight excluding hydrogens is 254 g/mol. The smallest absolute Gasteiger partial charge is 0.161 e. The van der Waals surface area contributed by atoms with Crippen LogP contribution in [0.2, 0.25) is 0 Å². The quantitative estimate of drug-likeness (QED) is 0.869. The molecule has 0 aliphatic heterocycles. The predicted molar refractivity (Wildman–Crippen MR) is 79.4 cm³/mol. The molecule has 4 nitrogen and oxygen atoms in total. The standard InChI is InChI=1S/C16H25NO3/c1-18-14-7-5-4-6-13(14)17-11-12-8-9-15(19-2)16(10-12)20-3/h8-10,13-14,17H,4-7,11H2,1-3H3/t13-,14+/m0/s1. The van der Waals surface area contributed by atoms with Gasteiger partial charge in [0.25, 0.3) is 0 Å². The molecule has 0 heterocycles. The van der Waals surface area contributed by atoms with Gasteiger partial charge in [-0.05, 0) is 30.5 Å². The number of benzene rings is 1. The van der Waals surface area contributed by atoms with Crippen LogP contribution >= 0.6 is 0 Å². The highest BCUT2D eigenvalue weighted by atomic mass is 16.5. The van der Waals surface area contributed by atoms with Gasteiger partial charge in [0.15, 0.2) is 11.5 Å². The van der Waals surface area contributed by atoms with E-state index in [1.807, 2.05) is 12.1 Å². The Kier molecular flexibility index (Phi) is 5.68. The third kappa shape index (κ3) is 3.64. The Labute approximate surface area is 121 Å². The Morgan fingerprint density at radius 1 is 1.05 bits per heavy atom. The van der Waals surface area contributed by atoms with Crippen LogP contribution < -0.4 is 14.8 Å². The lowest BCUT2D eigenvalue weighted by molar-refractivity contribution is 0.0413. The van der Waals surface area contributed by atoms with Crippen molar-refractivity contribution in [1.29, 1.82) is 0 Å². The Morgan fingerprint density at radius 2 is 1.80 bits per heavy atom. The summed E-state index contributed by atoms with van der Waals surface area (Å²) in [4.78, 5) is 0. The Bertz CT molecular complexity index is 422. The highest BCUT2D eigenvalue weighted by Gasteiger charge is 2.24. The van der Waals surface area contributed by atoms with Crippen LogP contribution in [0.3, 0.4) is 0 Å². The third-order valence-electron chi connectivity index (χ3n) is 4.02. The van der Waals surface area contributed by atoms with Crippen LogP contribution in [0.15, 0.2) is 18.2 Å². The summed E-state index contributed by atoms with van der Waals surface area (Å²) in [5.74, 6) is 1.54. The van der Waals surface area contributed by atoms with E-state index in [-0.39, 0.29) is 0 Å². The monoisotopic (exact) mass is 279 g/mol. The van der Waals surface area contributed by atoms with Crippen LogP contribution in [0.4, 0.5) is 0 Å². The average molecular weight is 279 g/mol. The minimum absolute atomic E-state index is 0.337. The fourth-order valence-electron chi connectivity index (χ4n) is 2.85. The van der Waals surface area contributed by atoms with E-state index in [2.05, 4.69) is 11.4 Å². The zero-order valence-corrected chi connectivity index (χ0v) is 12.6. The second kappa shape index (κ2) is 7.50. The van der Waals surface area contributed by atoms with Crippen LogP contribution in [0.5, 0.6) is 11.5 Å². The molecular formula is C16H25NO3. The van der Waals surface area contributed by atoms with Gasteiger partial charge in [-0.3, -0.25) is 0 Å². The molecule has 1 aromatic rings. The fourth-order valence-corrected chi connectivity index (χ4v) is 2.85. The molecule has 1 aliphatic rings.